The van der Waals surface area contributed by atoms with Crippen molar-refractivity contribution >= 4 is 40.6 Å². The van der Waals surface area contributed by atoms with Crippen LogP contribution >= 0.6 is 34.7 Å². The molecule has 3 nitrogen and oxygen atoms in total. The highest BCUT2D eigenvalue weighted by molar-refractivity contribution is 8.00. The number of hydrogen-bond donors (Lipinski definition) is 1. The fourth-order valence-corrected chi connectivity index (χ4v) is 3.93. The van der Waals surface area contributed by atoms with E-state index in [9.17, 15) is 9.90 Å². The average molecular weight is 356 g/mol. The van der Waals surface area contributed by atoms with Crippen molar-refractivity contribution in [1.29, 1.82) is 0 Å². The van der Waals surface area contributed by atoms with Crippen LogP contribution in [0.3, 0.4) is 0 Å². The fraction of sp³-hybridized carbons (Fsp3) is 0.312. The topological polar surface area (TPSA) is 40.5 Å². The molecule has 0 radical (unpaired) electrons. The van der Waals surface area contributed by atoms with Crippen LogP contribution in [0.5, 0.6) is 0 Å². The largest absolute Gasteiger partial charge is 0.395 e. The van der Waals surface area contributed by atoms with E-state index in [0.717, 1.165) is 10.5 Å². The molecular formula is C16H18ClNO2S2. The van der Waals surface area contributed by atoms with Gasteiger partial charge < -0.3 is 10.0 Å². The molecule has 1 aromatic carbocycles. The van der Waals surface area contributed by atoms with E-state index in [1.54, 1.807) is 16.2 Å². The molecule has 6 heteroatoms. The zero-order chi connectivity index (χ0) is 15.9. The number of aliphatic hydroxyl groups is 1. The minimum absolute atomic E-state index is 0.00479. The van der Waals surface area contributed by atoms with Crippen molar-refractivity contribution in [2.24, 2.45) is 0 Å². The summed E-state index contributed by atoms with van der Waals surface area (Å²) in [6.07, 6.45) is 0. The second-order valence-corrected chi connectivity index (χ2v) is 7.38. The number of benzene rings is 1. The Balaban J connectivity index is 2.04. The lowest BCUT2D eigenvalue weighted by molar-refractivity contribution is -0.131. The maximum atomic E-state index is 12.6. The Labute approximate surface area is 143 Å². The Hall–Kier alpha value is -1.01. The van der Waals surface area contributed by atoms with Crippen LogP contribution in [0, 0.1) is 0 Å². The molecule has 1 aromatic heterocycles. The second-order valence-electron chi connectivity index (χ2n) is 4.81. The average Bonchev–Trinajstić information content (AvgIpc) is 3.01. The molecule has 1 amide bonds. The van der Waals surface area contributed by atoms with Crippen molar-refractivity contribution in [3.05, 3.63) is 51.7 Å². The standard InChI is InChI=1S/C16H18ClNO2S2/c1-12(22-15-5-3-2-4-14(15)17)16(20)18(7-8-19)10-13-6-9-21-11-13/h2-6,9,11-12,19H,7-8,10H2,1H3/t12-/m0/s1. The van der Waals surface area contributed by atoms with E-state index in [0.29, 0.717) is 18.1 Å². The van der Waals surface area contributed by atoms with Crippen LogP contribution in [0.4, 0.5) is 0 Å². The lowest BCUT2D eigenvalue weighted by Crippen LogP contribution is -2.37. The number of nitrogens with zero attached hydrogens (tertiary/aromatic N) is 1. The highest BCUT2D eigenvalue weighted by Gasteiger charge is 2.22. The molecule has 0 aliphatic rings. The van der Waals surface area contributed by atoms with Gasteiger partial charge in [-0.25, -0.2) is 0 Å². The second kappa shape index (κ2) is 8.58. The van der Waals surface area contributed by atoms with Crippen molar-refractivity contribution in [3.8, 4) is 0 Å². The maximum absolute atomic E-state index is 12.6. The number of carbonyl (C=O) groups is 1. The molecule has 1 N–H and O–H groups in total. The van der Waals surface area contributed by atoms with Crippen molar-refractivity contribution < 1.29 is 9.90 Å². The van der Waals surface area contributed by atoms with E-state index in [4.69, 9.17) is 11.6 Å². The molecule has 0 saturated carbocycles. The zero-order valence-corrected chi connectivity index (χ0v) is 14.6. The van der Waals surface area contributed by atoms with Crippen LogP contribution in [-0.4, -0.2) is 34.3 Å². The van der Waals surface area contributed by atoms with Crippen molar-refractivity contribution in [3.63, 3.8) is 0 Å². The third-order valence-electron chi connectivity index (χ3n) is 3.12. The van der Waals surface area contributed by atoms with Gasteiger partial charge in [-0.05, 0) is 41.4 Å². The Morgan fingerprint density at radius 3 is 2.82 bits per heavy atom. The van der Waals surface area contributed by atoms with Gasteiger partial charge in [-0.3, -0.25) is 4.79 Å². The van der Waals surface area contributed by atoms with Crippen LogP contribution in [0.25, 0.3) is 0 Å². The SMILES string of the molecule is C[C@H](Sc1ccccc1Cl)C(=O)N(CCO)Cc1ccsc1. The number of thiophene rings is 1. The summed E-state index contributed by atoms with van der Waals surface area (Å²) < 4.78 is 0. The van der Waals surface area contributed by atoms with E-state index in [2.05, 4.69) is 0 Å². The van der Waals surface area contributed by atoms with Crippen LogP contribution in [0.1, 0.15) is 12.5 Å². The van der Waals surface area contributed by atoms with E-state index in [-0.39, 0.29) is 17.8 Å². The predicted molar refractivity (Wildman–Crippen MR) is 93.6 cm³/mol. The molecular weight excluding hydrogens is 338 g/mol. The lowest BCUT2D eigenvalue weighted by Gasteiger charge is -2.24. The molecule has 0 spiro atoms. The number of carbonyl (C=O) groups excluding carboxylic acids is 1. The van der Waals surface area contributed by atoms with E-state index in [1.807, 2.05) is 48.0 Å². The van der Waals surface area contributed by atoms with Crippen molar-refractivity contribution in [1.82, 2.24) is 4.90 Å². The number of halogens is 1. The van der Waals surface area contributed by atoms with Crippen LogP contribution in [-0.2, 0) is 11.3 Å². The Morgan fingerprint density at radius 2 is 2.18 bits per heavy atom. The molecule has 0 fully saturated rings. The monoisotopic (exact) mass is 355 g/mol. The third-order valence-corrected chi connectivity index (χ3v) is 5.46. The van der Waals surface area contributed by atoms with Gasteiger partial charge in [-0.1, -0.05) is 23.7 Å². The summed E-state index contributed by atoms with van der Waals surface area (Å²) in [5.41, 5.74) is 1.08. The highest BCUT2D eigenvalue weighted by atomic mass is 35.5. The first-order valence-electron chi connectivity index (χ1n) is 6.93. The van der Waals surface area contributed by atoms with Crippen LogP contribution < -0.4 is 0 Å². The van der Waals surface area contributed by atoms with Gasteiger partial charge in [0, 0.05) is 18.0 Å². The molecule has 1 heterocycles. The quantitative estimate of drug-likeness (QED) is 0.766. The summed E-state index contributed by atoms with van der Waals surface area (Å²) in [4.78, 5) is 15.2. The smallest absolute Gasteiger partial charge is 0.236 e. The van der Waals surface area contributed by atoms with Crippen molar-refractivity contribution in [2.75, 3.05) is 13.2 Å². The normalized spacial score (nSPS) is 12.1. The number of hydrogen-bond acceptors (Lipinski definition) is 4. The summed E-state index contributed by atoms with van der Waals surface area (Å²) in [5.74, 6) is 0.00479. The molecule has 0 bridgehead atoms. The Bertz CT molecular complexity index is 604. The number of thioether (sulfide) groups is 1. The fourth-order valence-electron chi connectivity index (χ4n) is 2.03. The minimum Gasteiger partial charge on any atom is -0.395 e. The van der Waals surface area contributed by atoms with Crippen LogP contribution in [0.2, 0.25) is 5.02 Å². The van der Waals surface area contributed by atoms with Gasteiger partial charge in [-0.2, -0.15) is 11.3 Å². The summed E-state index contributed by atoms with van der Waals surface area (Å²) in [5, 5.41) is 13.6. The predicted octanol–water partition coefficient (Wildman–Crippen LogP) is 3.90. The summed E-state index contributed by atoms with van der Waals surface area (Å²) >= 11 is 9.19. The first kappa shape index (κ1) is 17.3. The molecule has 0 saturated heterocycles. The summed E-state index contributed by atoms with van der Waals surface area (Å²) in [7, 11) is 0. The zero-order valence-electron chi connectivity index (χ0n) is 12.2. The highest BCUT2D eigenvalue weighted by Crippen LogP contribution is 2.31. The van der Waals surface area contributed by atoms with E-state index >= 15 is 0 Å². The summed E-state index contributed by atoms with van der Waals surface area (Å²) in [6.45, 7) is 2.69. The van der Waals surface area contributed by atoms with Crippen LogP contribution in [0.15, 0.2) is 46.0 Å². The lowest BCUT2D eigenvalue weighted by atomic mass is 10.3. The Kier molecular flexibility index (Phi) is 6.76. The maximum Gasteiger partial charge on any atom is 0.236 e. The molecule has 1 atom stereocenters. The van der Waals surface area contributed by atoms with Gasteiger partial charge in [-0.15, -0.1) is 11.8 Å². The molecule has 22 heavy (non-hydrogen) atoms. The molecule has 2 rings (SSSR count). The number of rotatable bonds is 7. The van der Waals surface area contributed by atoms with E-state index in [1.165, 1.54) is 11.8 Å². The van der Waals surface area contributed by atoms with Gasteiger partial charge in [0.25, 0.3) is 0 Å². The first-order chi connectivity index (χ1) is 10.6. The molecule has 0 unspecified atom stereocenters. The van der Waals surface area contributed by atoms with Gasteiger partial charge >= 0.3 is 0 Å². The third kappa shape index (κ3) is 4.74. The van der Waals surface area contributed by atoms with Gasteiger partial charge in [0.2, 0.25) is 5.91 Å². The minimum atomic E-state index is -0.259. The number of aliphatic hydroxyl groups excluding tert-OH is 1. The molecule has 2 aromatic rings. The van der Waals surface area contributed by atoms with Crippen molar-refractivity contribution in [2.45, 2.75) is 23.6 Å². The van der Waals surface area contributed by atoms with Gasteiger partial charge in [0.1, 0.15) is 0 Å². The van der Waals surface area contributed by atoms with E-state index < -0.39 is 0 Å². The number of amides is 1. The summed E-state index contributed by atoms with van der Waals surface area (Å²) in [6, 6.07) is 9.49. The molecule has 0 aliphatic heterocycles. The molecule has 118 valence electrons. The van der Waals surface area contributed by atoms with Gasteiger partial charge in [0.05, 0.1) is 16.9 Å². The first-order valence-corrected chi connectivity index (χ1v) is 9.13. The molecule has 0 aliphatic carbocycles. The van der Waals surface area contributed by atoms with Gasteiger partial charge in [0.15, 0.2) is 0 Å². The Morgan fingerprint density at radius 1 is 1.41 bits per heavy atom.